The van der Waals surface area contributed by atoms with Gasteiger partial charge in [0.2, 0.25) is 15.9 Å². The summed E-state index contributed by atoms with van der Waals surface area (Å²) in [5.74, 6) is 0.381. The van der Waals surface area contributed by atoms with E-state index in [-0.39, 0.29) is 16.8 Å². The minimum Gasteiger partial charge on any atom is -0.330 e. The van der Waals surface area contributed by atoms with Crippen molar-refractivity contribution in [2.45, 2.75) is 43.0 Å². The Bertz CT molecular complexity index is 687. The normalized spacial score (nSPS) is 24.9. The second-order valence-corrected chi connectivity index (χ2v) is 7.81. The molecule has 1 aromatic carbocycles. The first-order valence-corrected chi connectivity index (χ1v) is 9.11. The molecule has 4 N–H and O–H groups in total. The summed E-state index contributed by atoms with van der Waals surface area (Å²) >= 11 is 0. The summed E-state index contributed by atoms with van der Waals surface area (Å²) in [4.78, 5) is 11.6. The predicted octanol–water partition coefficient (Wildman–Crippen LogP) is 0.977. The zero-order valence-electron chi connectivity index (χ0n) is 12.3. The van der Waals surface area contributed by atoms with Crippen molar-refractivity contribution in [3.8, 4) is 0 Å². The van der Waals surface area contributed by atoms with Crippen LogP contribution in [0.25, 0.3) is 0 Å². The molecule has 1 heterocycles. The lowest BCUT2D eigenvalue weighted by molar-refractivity contribution is -0.116. The summed E-state index contributed by atoms with van der Waals surface area (Å²) < 4.78 is 27.8. The van der Waals surface area contributed by atoms with Gasteiger partial charge in [0.25, 0.3) is 0 Å². The number of carbonyl (C=O) groups is 1. The van der Waals surface area contributed by atoms with E-state index in [1.54, 1.807) is 18.2 Å². The Labute approximate surface area is 130 Å². The highest BCUT2D eigenvalue weighted by Crippen LogP contribution is 2.28. The summed E-state index contributed by atoms with van der Waals surface area (Å²) in [6.45, 7) is 0.608. The Hall–Kier alpha value is -1.44. The maximum atomic E-state index is 12.5. The number of nitrogens with one attached hydrogen (secondary N) is 2. The molecule has 1 aliphatic carbocycles. The van der Waals surface area contributed by atoms with E-state index >= 15 is 0 Å². The fraction of sp³-hybridized carbons (Fsp3) is 0.533. The highest BCUT2D eigenvalue weighted by atomic mass is 32.2. The van der Waals surface area contributed by atoms with E-state index in [2.05, 4.69) is 10.0 Å². The number of sulfonamides is 1. The van der Waals surface area contributed by atoms with Crippen LogP contribution in [-0.2, 0) is 21.2 Å². The number of fused-ring (bicyclic) bond motifs is 1. The molecule has 7 heteroatoms. The fourth-order valence-electron chi connectivity index (χ4n) is 3.21. The van der Waals surface area contributed by atoms with Crippen molar-refractivity contribution >= 4 is 21.6 Å². The van der Waals surface area contributed by atoms with E-state index < -0.39 is 10.0 Å². The number of amides is 1. The molecule has 1 aliphatic heterocycles. The van der Waals surface area contributed by atoms with Crippen LogP contribution in [0.2, 0.25) is 0 Å². The molecule has 0 radical (unpaired) electrons. The highest BCUT2D eigenvalue weighted by molar-refractivity contribution is 7.89. The van der Waals surface area contributed by atoms with Gasteiger partial charge < -0.3 is 11.1 Å². The Balaban J connectivity index is 1.77. The third-order valence-electron chi connectivity index (χ3n) is 4.48. The summed E-state index contributed by atoms with van der Waals surface area (Å²) in [6, 6.07) is 4.83. The van der Waals surface area contributed by atoms with Gasteiger partial charge >= 0.3 is 0 Å². The van der Waals surface area contributed by atoms with Crippen LogP contribution in [-0.4, -0.2) is 26.9 Å². The van der Waals surface area contributed by atoms with Gasteiger partial charge in [-0.2, -0.15) is 0 Å². The van der Waals surface area contributed by atoms with Gasteiger partial charge in [-0.15, -0.1) is 0 Å². The molecule has 22 heavy (non-hydrogen) atoms. The maximum Gasteiger partial charge on any atom is 0.240 e. The monoisotopic (exact) mass is 323 g/mol. The molecule has 2 aliphatic rings. The molecule has 3 rings (SSSR count). The molecular formula is C15H21N3O3S. The topological polar surface area (TPSA) is 101 Å². The second kappa shape index (κ2) is 5.98. The van der Waals surface area contributed by atoms with Crippen molar-refractivity contribution in [2.24, 2.45) is 11.7 Å². The molecule has 0 saturated heterocycles. The summed E-state index contributed by atoms with van der Waals surface area (Å²) in [5, 5.41) is 2.76. The number of nitrogens with two attached hydrogens (primary N) is 1. The van der Waals surface area contributed by atoms with Crippen LogP contribution in [0, 0.1) is 5.92 Å². The van der Waals surface area contributed by atoms with Gasteiger partial charge in [0, 0.05) is 18.2 Å². The third kappa shape index (κ3) is 3.16. The molecule has 2 atom stereocenters. The van der Waals surface area contributed by atoms with Crippen LogP contribution in [0.3, 0.4) is 0 Å². The number of carbonyl (C=O) groups excluding carboxylic acids is 1. The van der Waals surface area contributed by atoms with Crippen molar-refractivity contribution in [3.05, 3.63) is 23.8 Å². The van der Waals surface area contributed by atoms with Crippen molar-refractivity contribution in [3.63, 3.8) is 0 Å². The van der Waals surface area contributed by atoms with E-state index in [1.165, 1.54) is 0 Å². The molecule has 1 saturated carbocycles. The first kappa shape index (κ1) is 15.5. The standard InChI is InChI=1S/C15H21N3O3S/c16-9-10-1-3-12(7-10)18-22(20,21)13-4-5-14-11(8-13)2-6-15(19)17-14/h4-5,8,10,12,18H,1-3,6-7,9,16H2,(H,17,19). The summed E-state index contributed by atoms with van der Waals surface area (Å²) in [6.07, 6.45) is 3.58. The van der Waals surface area contributed by atoms with Crippen LogP contribution in [0.1, 0.15) is 31.2 Å². The van der Waals surface area contributed by atoms with Crippen LogP contribution in [0.4, 0.5) is 5.69 Å². The van der Waals surface area contributed by atoms with Crippen molar-refractivity contribution in [2.75, 3.05) is 11.9 Å². The van der Waals surface area contributed by atoms with Gasteiger partial charge in [-0.25, -0.2) is 13.1 Å². The molecule has 1 amide bonds. The SMILES string of the molecule is NCC1CCC(NS(=O)(=O)c2ccc3c(c2)CCC(=O)N3)C1. The zero-order chi connectivity index (χ0) is 15.7. The van der Waals surface area contributed by atoms with Gasteiger partial charge in [-0.1, -0.05) is 0 Å². The largest absolute Gasteiger partial charge is 0.330 e. The van der Waals surface area contributed by atoms with E-state index in [0.29, 0.717) is 31.0 Å². The van der Waals surface area contributed by atoms with Crippen molar-refractivity contribution in [1.82, 2.24) is 4.72 Å². The van der Waals surface area contributed by atoms with Gasteiger partial charge in [0.15, 0.2) is 0 Å². The van der Waals surface area contributed by atoms with Crippen LogP contribution in [0.15, 0.2) is 23.1 Å². The molecule has 1 fully saturated rings. The number of hydrogen-bond acceptors (Lipinski definition) is 4. The van der Waals surface area contributed by atoms with E-state index in [1.807, 2.05) is 0 Å². The molecule has 0 aromatic heterocycles. The lowest BCUT2D eigenvalue weighted by Gasteiger charge is -2.18. The molecule has 6 nitrogen and oxygen atoms in total. The summed E-state index contributed by atoms with van der Waals surface area (Å²) in [7, 11) is -3.53. The predicted molar refractivity (Wildman–Crippen MR) is 83.9 cm³/mol. The van der Waals surface area contributed by atoms with Crippen LogP contribution < -0.4 is 15.8 Å². The van der Waals surface area contributed by atoms with E-state index in [9.17, 15) is 13.2 Å². The van der Waals surface area contributed by atoms with Crippen molar-refractivity contribution < 1.29 is 13.2 Å². The van der Waals surface area contributed by atoms with E-state index in [4.69, 9.17) is 5.73 Å². The first-order chi connectivity index (χ1) is 10.5. The third-order valence-corrected chi connectivity index (χ3v) is 6.00. The first-order valence-electron chi connectivity index (χ1n) is 7.63. The van der Waals surface area contributed by atoms with Gasteiger partial charge in [-0.3, -0.25) is 4.79 Å². The highest BCUT2D eigenvalue weighted by Gasteiger charge is 2.28. The van der Waals surface area contributed by atoms with Crippen molar-refractivity contribution in [1.29, 1.82) is 0 Å². The van der Waals surface area contributed by atoms with Gasteiger partial charge in [0.05, 0.1) is 4.90 Å². The number of rotatable bonds is 4. The zero-order valence-corrected chi connectivity index (χ0v) is 13.2. The molecule has 2 unspecified atom stereocenters. The Morgan fingerprint density at radius 3 is 2.82 bits per heavy atom. The minimum atomic E-state index is -3.53. The maximum absolute atomic E-state index is 12.5. The number of hydrogen-bond donors (Lipinski definition) is 3. The lowest BCUT2D eigenvalue weighted by Crippen LogP contribution is -2.33. The van der Waals surface area contributed by atoms with Gasteiger partial charge in [0.1, 0.15) is 0 Å². The Morgan fingerprint density at radius 1 is 1.27 bits per heavy atom. The summed E-state index contributed by atoms with van der Waals surface area (Å²) in [5.41, 5.74) is 7.22. The number of benzene rings is 1. The van der Waals surface area contributed by atoms with Gasteiger partial charge in [-0.05, 0) is 61.9 Å². The smallest absolute Gasteiger partial charge is 0.240 e. The minimum absolute atomic E-state index is 0.0278. The molecular weight excluding hydrogens is 302 g/mol. The average molecular weight is 323 g/mol. The molecule has 0 spiro atoms. The van der Waals surface area contributed by atoms with Crippen LogP contribution in [0.5, 0.6) is 0 Å². The molecule has 120 valence electrons. The lowest BCUT2D eigenvalue weighted by atomic mass is 10.0. The van der Waals surface area contributed by atoms with Crippen LogP contribution >= 0.6 is 0 Å². The number of anilines is 1. The Morgan fingerprint density at radius 2 is 2.09 bits per heavy atom. The quantitative estimate of drug-likeness (QED) is 0.768. The number of aryl methyl sites for hydroxylation is 1. The Kier molecular flexibility index (Phi) is 4.20. The fourth-order valence-corrected chi connectivity index (χ4v) is 4.54. The second-order valence-electron chi connectivity index (χ2n) is 6.10. The van der Waals surface area contributed by atoms with E-state index in [0.717, 1.165) is 24.8 Å². The molecule has 1 aromatic rings. The molecule has 0 bridgehead atoms. The average Bonchev–Trinajstić information content (AvgIpc) is 2.93.